The largest absolute Gasteiger partial charge is 0.289 e. The van der Waals surface area contributed by atoms with Crippen molar-refractivity contribution in [2.75, 3.05) is 0 Å². The minimum Gasteiger partial charge on any atom is -0.289 e. The molecule has 1 aliphatic rings. The van der Waals surface area contributed by atoms with Crippen LogP contribution in [0.4, 0.5) is 0 Å². The molecule has 2 nitrogen and oxygen atoms in total. The fourth-order valence-corrected chi connectivity index (χ4v) is 3.30. The molecule has 18 heavy (non-hydrogen) atoms. The van der Waals surface area contributed by atoms with E-state index in [9.17, 15) is 9.59 Å². The van der Waals surface area contributed by atoms with Gasteiger partial charge in [0, 0.05) is 20.9 Å². The Morgan fingerprint density at radius 2 is 1.17 bits per heavy atom. The van der Waals surface area contributed by atoms with Crippen molar-refractivity contribution in [3.63, 3.8) is 0 Å². The van der Waals surface area contributed by atoms with Crippen LogP contribution in [0, 0.1) is 0 Å². The summed E-state index contributed by atoms with van der Waals surface area (Å²) in [6.07, 6.45) is 2.90. The van der Waals surface area contributed by atoms with E-state index in [0.717, 1.165) is 9.75 Å². The van der Waals surface area contributed by atoms with E-state index < -0.39 is 0 Å². The van der Waals surface area contributed by atoms with Gasteiger partial charge >= 0.3 is 0 Å². The SMILES string of the molecule is O=C1C=C(c2cccs2)C(=O)C=C1c1cccs1. The Kier molecular flexibility index (Phi) is 2.81. The monoisotopic (exact) mass is 272 g/mol. The topological polar surface area (TPSA) is 34.1 Å². The number of carbonyl (C=O) groups excluding carboxylic acids is 2. The number of hydrogen-bond donors (Lipinski definition) is 0. The molecule has 0 amide bonds. The Balaban J connectivity index is 2.01. The van der Waals surface area contributed by atoms with E-state index in [4.69, 9.17) is 0 Å². The number of thiophene rings is 2. The highest BCUT2D eigenvalue weighted by Crippen LogP contribution is 2.30. The molecule has 0 bridgehead atoms. The van der Waals surface area contributed by atoms with E-state index in [2.05, 4.69) is 0 Å². The van der Waals surface area contributed by atoms with E-state index in [1.54, 1.807) is 0 Å². The molecule has 0 radical (unpaired) electrons. The highest BCUT2D eigenvalue weighted by molar-refractivity contribution is 7.12. The highest BCUT2D eigenvalue weighted by Gasteiger charge is 2.23. The average Bonchev–Trinajstić information content (AvgIpc) is 3.02. The first kappa shape index (κ1) is 11.3. The van der Waals surface area contributed by atoms with Gasteiger partial charge in [0.2, 0.25) is 0 Å². The smallest absolute Gasteiger partial charge is 0.188 e. The lowest BCUT2D eigenvalue weighted by molar-refractivity contribution is -0.112. The molecule has 4 heteroatoms. The van der Waals surface area contributed by atoms with Crippen molar-refractivity contribution in [2.24, 2.45) is 0 Å². The zero-order valence-electron chi connectivity index (χ0n) is 9.25. The summed E-state index contributed by atoms with van der Waals surface area (Å²) < 4.78 is 0. The zero-order chi connectivity index (χ0) is 12.5. The van der Waals surface area contributed by atoms with Crippen molar-refractivity contribution in [1.82, 2.24) is 0 Å². The van der Waals surface area contributed by atoms with Crippen LogP contribution in [0.15, 0.2) is 47.2 Å². The summed E-state index contributed by atoms with van der Waals surface area (Å²) in [5, 5.41) is 3.79. The van der Waals surface area contributed by atoms with Crippen molar-refractivity contribution >= 4 is 45.4 Å². The first-order chi connectivity index (χ1) is 8.75. The number of ketones is 2. The lowest BCUT2D eigenvalue weighted by Gasteiger charge is -2.09. The lowest BCUT2D eigenvalue weighted by Crippen LogP contribution is -2.10. The van der Waals surface area contributed by atoms with Crippen molar-refractivity contribution < 1.29 is 9.59 Å². The van der Waals surface area contributed by atoms with Gasteiger partial charge in [0.1, 0.15) is 0 Å². The standard InChI is InChI=1S/C14H8O2S2/c15-11-8-10(14-4-2-6-18-14)12(16)7-9(11)13-3-1-5-17-13/h1-8H. The molecule has 88 valence electrons. The summed E-state index contributed by atoms with van der Waals surface area (Å²) in [6, 6.07) is 7.45. The molecule has 0 unspecified atom stereocenters. The Labute approximate surface area is 112 Å². The third kappa shape index (κ3) is 1.89. The molecule has 0 N–H and O–H groups in total. The normalized spacial score (nSPS) is 15.6. The van der Waals surface area contributed by atoms with Gasteiger partial charge in [0.05, 0.1) is 0 Å². The van der Waals surface area contributed by atoms with Crippen molar-refractivity contribution in [1.29, 1.82) is 0 Å². The van der Waals surface area contributed by atoms with E-state index in [0.29, 0.717) is 11.1 Å². The molecular formula is C14H8O2S2. The second-order valence-corrected chi connectivity index (χ2v) is 5.69. The Morgan fingerprint density at radius 3 is 1.50 bits per heavy atom. The maximum absolute atomic E-state index is 12.1. The lowest BCUT2D eigenvalue weighted by atomic mass is 9.95. The second-order valence-electron chi connectivity index (χ2n) is 3.80. The molecule has 0 aromatic carbocycles. The average molecular weight is 272 g/mol. The van der Waals surface area contributed by atoms with Crippen LogP contribution in [0.2, 0.25) is 0 Å². The van der Waals surface area contributed by atoms with Gasteiger partial charge in [-0.15, -0.1) is 22.7 Å². The van der Waals surface area contributed by atoms with Gasteiger partial charge in [-0.2, -0.15) is 0 Å². The van der Waals surface area contributed by atoms with Gasteiger partial charge in [-0.25, -0.2) is 0 Å². The van der Waals surface area contributed by atoms with Gasteiger partial charge in [-0.3, -0.25) is 9.59 Å². The molecule has 0 saturated heterocycles. The third-order valence-electron chi connectivity index (χ3n) is 2.66. The number of carbonyl (C=O) groups is 2. The minimum absolute atomic E-state index is 0.0968. The molecule has 2 heterocycles. The van der Waals surface area contributed by atoms with E-state index in [-0.39, 0.29) is 11.6 Å². The maximum atomic E-state index is 12.1. The summed E-state index contributed by atoms with van der Waals surface area (Å²) in [5.41, 5.74) is 0.991. The van der Waals surface area contributed by atoms with E-state index in [1.165, 1.54) is 34.8 Å². The van der Waals surface area contributed by atoms with Crippen LogP contribution < -0.4 is 0 Å². The van der Waals surface area contributed by atoms with Crippen LogP contribution >= 0.6 is 22.7 Å². The fraction of sp³-hybridized carbons (Fsp3) is 0. The predicted octanol–water partition coefficient (Wildman–Crippen LogP) is 3.43. The Bertz CT molecular complexity index is 598. The molecule has 2 aromatic heterocycles. The van der Waals surface area contributed by atoms with Gasteiger partial charge < -0.3 is 0 Å². The van der Waals surface area contributed by atoms with Crippen molar-refractivity contribution in [3.8, 4) is 0 Å². The first-order valence-corrected chi connectivity index (χ1v) is 7.11. The maximum Gasteiger partial charge on any atom is 0.188 e. The first-order valence-electron chi connectivity index (χ1n) is 5.35. The molecule has 2 aromatic rings. The molecule has 0 aliphatic heterocycles. The molecule has 1 aliphatic carbocycles. The third-order valence-corrected chi connectivity index (χ3v) is 4.46. The van der Waals surface area contributed by atoms with Crippen LogP contribution in [0.1, 0.15) is 9.75 Å². The Hall–Kier alpha value is -1.78. The number of rotatable bonds is 2. The molecular weight excluding hydrogens is 264 g/mol. The molecule has 0 fully saturated rings. The summed E-state index contributed by atoms with van der Waals surface area (Å²) in [5.74, 6) is -0.194. The van der Waals surface area contributed by atoms with Gasteiger partial charge in [-0.05, 0) is 35.0 Å². The zero-order valence-corrected chi connectivity index (χ0v) is 10.9. The van der Waals surface area contributed by atoms with Crippen LogP contribution in [0.25, 0.3) is 11.1 Å². The molecule has 0 saturated carbocycles. The van der Waals surface area contributed by atoms with Gasteiger partial charge in [0.15, 0.2) is 11.6 Å². The van der Waals surface area contributed by atoms with Crippen LogP contribution in [-0.4, -0.2) is 11.6 Å². The van der Waals surface area contributed by atoms with Crippen LogP contribution in [0.3, 0.4) is 0 Å². The summed E-state index contributed by atoms with van der Waals surface area (Å²) in [4.78, 5) is 25.8. The fourth-order valence-electron chi connectivity index (χ4n) is 1.81. The summed E-state index contributed by atoms with van der Waals surface area (Å²) >= 11 is 2.93. The van der Waals surface area contributed by atoms with E-state index >= 15 is 0 Å². The molecule has 3 rings (SSSR count). The molecule has 0 spiro atoms. The quantitative estimate of drug-likeness (QED) is 0.785. The Morgan fingerprint density at radius 1 is 0.722 bits per heavy atom. The van der Waals surface area contributed by atoms with Gasteiger partial charge in [0.25, 0.3) is 0 Å². The van der Waals surface area contributed by atoms with E-state index in [1.807, 2.05) is 35.0 Å². The van der Waals surface area contributed by atoms with Crippen LogP contribution in [0.5, 0.6) is 0 Å². The number of allylic oxidation sites excluding steroid dienone is 4. The molecule has 0 atom stereocenters. The number of hydrogen-bond acceptors (Lipinski definition) is 4. The minimum atomic E-state index is -0.0968. The summed E-state index contributed by atoms with van der Waals surface area (Å²) in [6.45, 7) is 0. The second kappa shape index (κ2) is 4.48. The van der Waals surface area contributed by atoms with Crippen molar-refractivity contribution in [2.45, 2.75) is 0 Å². The van der Waals surface area contributed by atoms with Crippen molar-refractivity contribution in [3.05, 3.63) is 56.9 Å². The predicted molar refractivity (Wildman–Crippen MR) is 74.6 cm³/mol. The summed E-state index contributed by atoms with van der Waals surface area (Å²) in [7, 11) is 0. The van der Waals surface area contributed by atoms with Crippen LogP contribution in [-0.2, 0) is 9.59 Å². The highest BCUT2D eigenvalue weighted by atomic mass is 32.1. The van der Waals surface area contributed by atoms with Gasteiger partial charge in [-0.1, -0.05) is 12.1 Å².